The molecule has 1 saturated heterocycles. The summed E-state index contributed by atoms with van der Waals surface area (Å²) in [4.78, 5) is 24.6. The molecule has 1 N–H and O–H groups in total. The number of hydrogen-bond acceptors (Lipinski definition) is 6. The molecule has 178 valence electrons. The SMILES string of the molecule is CC(OC(=O)/C=C/c1ccc(S(=O)(=O)N2CCCCCC2)cc1)C(=O)Nc1ccccc1C#N. The van der Waals surface area contributed by atoms with Gasteiger partial charge in [-0.2, -0.15) is 9.57 Å². The van der Waals surface area contributed by atoms with Gasteiger partial charge in [-0.25, -0.2) is 13.2 Å². The molecule has 0 aromatic heterocycles. The second kappa shape index (κ2) is 11.6. The quantitative estimate of drug-likeness (QED) is 0.476. The number of sulfonamides is 1. The number of nitriles is 1. The Morgan fingerprint density at radius 3 is 2.35 bits per heavy atom. The van der Waals surface area contributed by atoms with Gasteiger partial charge in [-0.05, 0) is 55.7 Å². The van der Waals surface area contributed by atoms with Crippen LogP contribution in [0.2, 0.25) is 0 Å². The number of ether oxygens (including phenoxy) is 1. The van der Waals surface area contributed by atoms with Gasteiger partial charge in [0.2, 0.25) is 10.0 Å². The summed E-state index contributed by atoms with van der Waals surface area (Å²) in [5, 5.41) is 11.7. The van der Waals surface area contributed by atoms with Crippen molar-refractivity contribution in [2.24, 2.45) is 0 Å². The number of esters is 1. The molecule has 1 aliphatic heterocycles. The molecule has 1 fully saturated rings. The monoisotopic (exact) mass is 481 g/mol. The Kier molecular flexibility index (Phi) is 8.57. The summed E-state index contributed by atoms with van der Waals surface area (Å²) in [6.07, 6.45) is 5.39. The summed E-state index contributed by atoms with van der Waals surface area (Å²) in [7, 11) is -3.54. The molecule has 8 nitrogen and oxygen atoms in total. The van der Waals surface area contributed by atoms with E-state index in [9.17, 15) is 18.0 Å². The molecule has 1 aliphatic rings. The van der Waals surface area contributed by atoms with E-state index in [1.807, 2.05) is 6.07 Å². The minimum absolute atomic E-state index is 0.220. The molecule has 3 rings (SSSR count). The van der Waals surface area contributed by atoms with Gasteiger partial charge in [-0.1, -0.05) is 37.1 Å². The van der Waals surface area contributed by atoms with E-state index in [2.05, 4.69) is 5.32 Å². The molecule has 1 atom stereocenters. The maximum atomic E-state index is 12.9. The highest BCUT2D eigenvalue weighted by molar-refractivity contribution is 7.89. The average Bonchev–Trinajstić information content (AvgIpc) is 3.13. The molecule has 1 unspecified atom stereocenters. The van der Waals surface area contributed by atoms with Crippen LogP contribution in [0.5, 0.6) is 0 Å². The van der Waals surface area contributed by atoms with Crippen LogP contribution in [0.4, 0.5) is 5.69 Å². The molecule has 9 heteroatoms. The Hall–Kier alpha value is -3.48. The third-order valence-electron chi connectivity index (χ3n) is 5.46. The van der Waals surface area contributed by atoms with Gasteiger partial charge in [0.15, 0.2) is 6.10 Å². The number of rotatable bonds is 7. The largest absolute Gasteiger partial charge is 0.449 e. The van der Waals surface area contributed by atoms with E-state index in [0.717, 1.165) is 25.7 Å². The summed E-state index contributed by atoms with van der Waals surface area (Å²) in [5.74, 6) is -1.29. The van der Waals surface area contributed by atoms with E-state index in [0.29, 0.717) is 29.9 Å². The van der Waals surface area contributed by atoms with E-state index in [1.165, 1.54) is 35.5 Å². The Labute approximate surface area is 199 Å². The predicted molar refractivity (Wildman–Crippen MR) is 128 cm³/mol. The smallest absolute Gasteiger partial charge is 0.331 e. The van der Waals surface area contributed by atoms with Crippen molar-refractivity contribution in [3.05, 3.63) is 65.7 Å². The van der Waals surface area contributed by atoms with E-state index in [1.54, 1.807) is 36.4 Å². The number of benzene rings is 2. The normalized spacial score (nSPS) is 15.8. The second-order valence-corrected chi connectivity index (χ2v) is 9.88. The fraction of sp³-hybridized carbons (Fsp3) is 0.320. The standard InChI is InChI=1S/C25H27N3O5S/c1-19(25(30)27-23-9-5-4-8-21(23)18-26)33-24(29)15-12-20-10-13-22(14-11-20)34(31,32)28-16-6-2-3-7-17-28/h4-5,8-15,19H,2-3,6-7,16-17H2,1H3,(H,27,30)/b15-12+. The molecule has 2 aromatic rings. The number of amides is 1. The lowest BCUT2D eigenvalue weighted by Gasteiger charge is -2.19. The van der Waals surface area contributed by atoms with Gasteiger partial charge in [0.1, 0.15) is 6.07 Å². The highest BCUT2D eigenvalue weighted by Gasteiger charge is 2.25. The van der Waals surface area contributed by atoms with Gasteiger partial charge in [-0.15, -0.1) is 0 Å². The Balaban J connectivity index is 1.57. The number of nitrogens with one attached hydrogen (secondary N) is 1. The van der Waals surface area contributed by atoms with E-state index in [4.69, 9.17) is 10.00 Å². The summed E-state index contributed by atoms with van der Waals surface area (Å²) in [5.41, 5.74) is 1.26. The number of nitrogens with zero attached hydrogens (tertiary/aromatic N) is 2. The topological polar surface area (TPSA) is 117 Å². The van der Waals surface area contributed by atoms with Crippen LogP contribution in [0.15, 0.2) is 59.5 Å². The van der Waals surface area contributed by atoms with Crippen molar-refractivity contribution in [1.82, 2.24) is 4.31 Å². The summed E-state index contributed by atoms with van der Waals surface area (Å²) in [6, 6.07) is 14.8. The van der Waals surface area contributed by atoms with E-state index in [-0.39, 0.29) is 4.90 Å². The van der Waals surface area contributed by atoms with Gasteiger partial charge in [-0.3, -0.25) is 4.79 Å². The highest BCUT2D eigenvalue weighted by atomic mass is 32.2. The zero-order valence-corrected chi connectivity index (χ0v) is 19.8. The number of anilines is 1. The van der Waals surface area contributed by atoms with Crippen molar-refractivity contribution < 1.29 is 22.7 Å². The molecule has 0 bridgehead atoms. The summed E-state index contributed by atoms with van der Waals surface area (Å²) in [6.45, 7) is 2.49. The lowest BCUT2D eigenvalue weighted by molar-refractivity contribution is -0.148. The molecule has 34 heavy (non-hydrogen) atoms. The first-order valence-corrected chi connectivity index (χ1v) is 12.5. The lowest BCUT2D eigenvalue weighted by atomic mass is 10.2. The Morgan fingerprint density at radius 2 is 1.71 bits per heavy atom. The first kappa shape index (κ1) is 25.1. The molecule has 1 amide bonds. The number of para-hydroxylation sites is 1. The van der Waals surface area contributed by atoms with Crippen LogP contribution in [0.25, 0.3) is 6.08 Å². The third kappa shape index (κ3) is 6.53. The van der Waals surface area contributed by atoms with Crippen molar-refractivity contribution in [2.45, 2.75) is 43.6 Å². The molecule has 2 aromatic carbocycles. The van der Waals surface area contributed by atoms with Gasteiger partial charge in [0.05, 0.1) is 16.1 Å². The maximum absolute atomic E-state index is 12.9. The van der Waals surface area contributed by atoms with Crippen molar-refractivity contribution in [2.75, 3.05) is 18.4 Å². The average molecular weight is 482 g/mol. The third-order valence-corrected chi connectivity index (χ3v) is 7.38. The van der Waals surface area contributed by atoms with Crippen molar-refractivity contribution in [3.63, 3.8) is 0 Å². The van der Waals surface area contributed by atoms with Gasteiger partial charge >= 0.3 is 5.97 Å². The summed E-state index contributed by atoms with van der Waals surface area (Å²) < 4.78 is 32.4. The van der Waals surface area contributed by atoms with Gasteiger partial charge < -0.3 is 10.1 Å². The number of hydrogen-bond donors (Lipinski definition) is 1. The van der Waals surface area contributed by atoms with Crippen LogP contribution >= 0.6 is 0 Å². The highest BCUT2D eigenvalue weighted by Crippen LogP contribution is 2.21. The molecule has 0 spiro atoms. The molecule has 1 heterocycles. The van der Waals surface area contributed by atoms with Crippen LogP contribution in [-0.4, -0.2) is 43.8 Å². The Bertz CT molecular complexity index is 1190. The van der Waals surface area contributed by atoms with Crippen molar-refractivity contribution in [3.8, 4) is 6.07 Å². The first-order valence-electron chi connectivity index (χ1n) is 11.1. The molecular weight excluding hydrogens is 454 g/mol. The lowest BCUT2D eigenvalue weighted by Crippen LogP contribution is -2.31. The van der Waals surface area contributed by atoms with Crippen LogP contribution in [0.1, 0.15) is 43.7 Å². The van der Waals surface area contributed by atoms with Crippen LogP contribution in [-0.2, 0) is 24.3 Å². The fourth-order valence-corrected chi connectivity index (χ4v) is 5.05. The second-order valence-electron chi connectivity index (χ2n) is 7.95. The molecular formula is C25H27N3O5S. The fourth-order valence-electron chi connectivity index (χ4n) is 3.54. The van der Waals surface area contributed by atoms with Crippen LogP contribution in [0, 0.1) is 11.3 Å². The van der Waals surface area contributed by atoms with Gasteiger partial charge in [0.25, 0.3) is 5.91 Å². The number of carbonyl (C=O) groups is 2. The minimum Gasteiger partial charge on any atom is -0.449 e. The minimum atomic E-state index is -3.54. The zero-order chi connectivity index (χ0) is 24.6. The molecule has 0 radical (unpaired) electrons. The molecule has 0 saturated carbocycles. The van der Waals surface area contributed by atoms with Crippen LogP contribution < -0.4 is 5.32 Å². The Morgan fingerprint density at radius 1 is 1.06 bits per heavy atom. The predicted octanol–water partition coefficient (Wildman–Crippen LogP) is 3.71. The molecule has 0 aliphatic carbocycles. The van der Waals surface area contributed by atoms with Crippen molar-refractivity contribution in [1.29, 1.82) is 5.26 Å². The van der Waals surface area contributed by atoms with E-state index >= 15 is 0 Å². The maximum Gasteiger partial charge on any atom is 0.331 e. The summed E-state index contributed by atoms with van der Waals surface area (Å²) >= 11 is 0. The number of carbonyl (C=O) groups excluding carboxylic acids is 2. The van der Waals surface area contributed by atoms with Crippen molar-refractivity contribution >= 4 is 33.7 Å². The zero-order valence-electron chi connectivity index (χ0n) is 18.9. The van der Waals surface area contributed by atoms with Gasteiger partial charge in [0, 0.05) is 19.2 Å². The first-order chi connectivity index (χ1) is 16.3. The van der Waals surface area contributed by atoms with E-state index < -0.39 is 28.0 Å². The van der Waals surface area contributed by atoms with Crippen LogP contribution in [0.3, 0.4) is 0 Å².